The highest BCUT2D eigenvalue weighted by atomic mass is 32.2. The van der Waals surface area contributed by atoms with E-state index in [1.54, 1.807) is 22.0 Å². The van der Waals surface area contributed by atoms with Crippen molar-refractivity contribution in [3.63, 3.8) is 0 Å². The normalized spacial score (nSPS) is 13.3. The third-order valence-corrected chi connectivity index (χ3v) is 6.92. The Morgan fingerprint density at radius 3 is 3.07 bits per heavy atom. The molecule has 1 aliphatic carbocycles. The number of methoxy groups -OCH3 is 1. The first-order valence-corrected chi connectivity index (χ1v) is 10.8. The number of hydrogen-bond donors (Lipinski definition) is 0. The average Bonchev–Trinajstić information content (AvgIpc) is 3.37. The van der Waals surface area contributed by atoms with Crippen molar-refractivity contribution in [2.24, 2.45) is 0 Å². The van der Waals surface area contributed by atoms with Gasteiger partial charge in [0.2, 0.25) is 5.76 Å². The van der Waals surface area contributed by atoms with Crippen LogP contribution in [0.25, 0.3) is 10.2 Å². The molecule has 3 aromatic heterocycles. The van der Waals surface area contributed by atoms with Crippen LogP contribution in [0.5, 0.6) is 0 Å². The minimum absolute atomic E-state index is 0.0594. The Labute approximate surface area is 164 Å². The van der Waals surface area contributed by atoms with Gasteiger partial charge in [-0.15, -0.1) is 11.3 Å². The van der Waals surface area contributed by atoms with Crippen LogP contribution in [0.2, 0.25) is 0 Å². The van der Waals surface area contributed by atoms with Crippen molar-refractivity contribution >= 4 is 39.3 Å². The number of nitrogens with zero attached hydrogens (tertiary/aromatic N) is 2. The standard InChI is InChI=1S/C19H20N2O4S2/c1-3-8-21-17(22)14-12-5-4-6-13(12)27-16(14)20-19(21)26-10-11-7-9-25-15(11)18(23)24-2/h7,9H,3-6,8,10H2,1-2H3. The Bertz CT molecular complexity index is 1060. The van der Waals surface area contributed by atoms with E-state index >= 15 is 0 Å². The number of hydrogen-bond acceptors (Lipinski definition) is 7. The van der Waals surface area contributed by atoms with Gasteiger partial charge in [0.15, 0.2) is 5.16 Å². The predicted octanol–water partition coefficient (Wildman–Crippen LogP) is 4.03. The molecular weight excluding hydrogens is 384 g/mol. The van der Waals surface area contributed by atoms with Crippen LogP contribution in [0.4, 0.5) is 0 Å². The summed E-state index contributed by atoms with van der Waals surface area (Å²) < 4.78 is 11.8. The Kier molecular flexibility index (Phi) is 5.10. The second-order valence-corrected chi connectivity index (χ2v) is 8.47. The summed E-state index contributed by atoms with van der Waals surface area (Å²) in [4.78, 5) is 31.9. The maximum absolute atomic E-state index is 13.2. The first-order valence-electron chi connectivity index (χ1n) is 8.96. The molecule has 6 nitrogen and oxygen atoms in total. The Hall–Kier alpha value is -2.06. The van der Waals surface area contributed by atoms with Crippen LogP contribution in [0.3, 0.4) is 0 Å². The number of furan rings is 1. The van der Waals surface area contributed by atoms with E-state index in [4.69, 9.17) is 14.1 Å². The van der Waals surface area contributed by atoms with E-state index in [9.17, 15) is 9.59 Å². The zero-order valence-electron chi connectivity index (χ0n) is 15.2. The number of aromatic nitrogens is 2. The van der Waals surface area contributed by atoms with Crippen LogP contribution >= 0.6 is 23.1 Å². The van der Waals surface area contributed by atoms with Crippen LogP contribution in [0.1, 0.15) is 46.3 Å². The Morgan fingerprint density at radius 2 is 2.30 bits per heavy atom. The third kappa shape index (κ3) is 3.21. The minimum Gasteiger partial charge on any atom is -0.463 e. The van der Waals surface area contributed by atoms with Gasteiger partial charge in [-0.1, -0.05) is 18.7 Å². The summed E-state index contributed by atoms with van der Waals surface area (Å²) in [5, 5.41) is 1.50. The van der Waals surface area contributed by atoms with E-state index < -0.39 is 5.97 Å². The number of thioether (sulfide) groups is 1. The van der Waals surface area contributed by atoms with Gasteiger partial charge >= 0.3 is 5.97 Å². The molecule has 0 saturated heterocycles. The van der Waals surface area contributed by atoms with E-state index in [0.717, 1.165) is 41.5 Å². The number of carbonyl (C=O) groups is 1. The van der Waals surface area contributed by atoms with Crippen molar-refractivity contribution in [1.29, 1.82) is 0 Å². The van der Waals surface area contributed by atoms with Gasteiger partial charge in [-0.3, -0.25) is 9.36 Å². The van der Waals surface area contributed by atoms with Gasteiger partial charge in [-0.25, -0.2) is 9.78 Å². The summed E-state index contributed by atoms with van der Waals surface area (Å²) in [5.41, 5.74) is 2.00. The summed E-state index contributed by atoms with van der Waals surface area (Å²) >= 11 is 3.09. The molecule has 0 N–H and O–H groups in total. The second kappa shape index (κ2) is 7.52. The lowest BCUT2D eigenvalue weighted by Crippen LogP contribution is -2.23. The number of aryl methyl sites for hydroxylation is 2. The van der Waals surface area contributed by atoms with Crippen LogP contribution < -0.4 is 5.56 Å². The number of fused-ring (bicyclic) bond motifs is 3. The molecule has 0 saturated carbocycles. The largest absolute Gasteiger partial charge is 0.463 e. The fourth-order valence-electron chi connectivity index (χ4n) is 3.45. The first kappa shape index (κ1) is 18.3. The lowest BCUT2D eigenvalue weighted by Gasteiger charge is -2.11. The minimum atomic E-state index is -0.500. The number of carbonyl (C=O) groups excluding carboxylic acids is 1. The van der Waals surface area contributed by atoms with Crippen LogP contribution in [0.15, 0.2) is 26.7 Å². The number of ether oxygens (including phenoxy) is 1. The van der Waals surface area contributed by atoms with Crippen molar-refractivity contribution in [3.05, 3.63) is 44.4 Å². The van der Waals surface area contributed by atoms with Crippen molar-refractivity contribution in [3.8, 4) is 0 Å². The van der Waals surface area contributed by atoms with Gasteiger partial charge in [-0.05, 0) is 37.3 Å². The molecule has 0 amide bonds. The van der Waals surface area contributed by atoms with Crippen LogP contribution in [-0.4, -0.2) is 22.6 Å². The van der Waals surface area contributed by atoms with Crippen molar-refractivity contribution in [1.82, 2.24) is 9.55 Å². The molecule has 0 bridgehead atoms. The first-order chi connectivity index (χ1) is 13.1. The fraction of sp³-hybridized carbons (Fsp3) is 0.421. The zero-order chi connectivity index (χ0) is 19.0. The number of rotatable bonds is 6. The van der Waals surface area contributed by atoms with E-state index in [-0.39, 0.29) is 11.3 Å². The van der Waals surface area contributed by atoms with E-state index in [0.29, 0.717) is 17.5 Å². The summed E-state index contributed by atoms with van der Waals surface area (Å²) in [6, 6.07) is 1.75. The summed E-state index contributed by atoms with van der Waals surface area (Å²) in [6.07, 6.45) is 5.47. The lowest BCUT2D eigenvalue weighted by molar-refractivity contribution is 0.0564. The van der Waals surface area contributed by atoms with Crippen LogP contribution in [-0.2, 0) is 29.9 Å². The Balaban J connectivity index is 1.71. The Morgan fingerprint density at radius 1 is 1.44 bits per heavy atom. The quantitative estimate of drug-likeness (QED) is 0.351. The van der Waals surface area contributed by atoms with Gasteiger partial charge in [0.05, 0.1) is 18.8 Å². The van der Waals surface area contributed by atoms with Crippen LogP contribution in [0, 0.1) is 0 Å². The molecule has 0 radical (unpaired) electrons. The second-order valence-electron chi connectivity index (χ2n) is 6.44. The molecule has 3 heterocycles. The highest BCUT2D eigenvalue weighted by Gasteiger charge is 2.23. The van der Waals surface area contributed by atoms with Crippen molar-refractivity contribution < 1.29 is 13.9 Å². The topological polar surface area (TPSA) is 74.3 Å². The molecule has 0 atom stereocenters. The zero-order valence-corrected chi connectivity index (χ0v) is 16.9. The molecule has 0 spiro atoms. The maximum Gasteiger partial charge on any atom is 0.374 e. The van der Waals surface area contributed by atoms with Crippen molar-refractivity contribution in [2.75, 3.05) is 7.11 Å². The lowest BCUT2D eigenvalue weighted by atomic mass is 10.2. The third-order valence-electron chi connectivity index (χ3n) is 4.71. The number of thiophene rings is 1. The van der Waals surface area contributed by atoms with Gasteiger partial charge in [-0.2, -0.15) is 0 Å². The molecular formula is C19H20N2O4S2. The highest BCUT2D eigenvalue weighted by Crippen LogP contribution is 2.36. The SMILES string of the molecule is CCCn1c(SCc2ccoc2C(=O)OC)nc2sc3c(c2c1=O)CCC3. The van der Waals surface area contributed by atoms with E-state index in [1.807, 2.05) is 0 Å². The predicted molar refractivity (Wildman–Crippen MR) is 106 cm³/mol. The summed E-state index contributed by atoms with van der Waals surface area (Å²) in [7, 11) is 1.33. The number of esters is 1. The maximum atomic E-state index is 13.2. The molecule has 0 aliphatic heterocycles. The summed E-state index contributed by atoms with van der Waals surface area (Å²) in [6.45, 7) is 2.68. The molecule has 1 aliphatic rings. The smallest absolute Gasteiger partial charge is 0.374 e. The van der Waals surface area contributed by atoms with Gasteiger partial charge in [0.25, 0.3) is 5.56 Å². The van der Waals surface area contributed by atoms with Crippen molar-refractivity contribution in [2.45, 2.75) is 50.1 Å². The molecule has 27 heavy (non-hydrogen) atoms. The molecule has 4 rings (SSSR count). The molecule has 0 aromatic carbocycles. The van der Waals surface area contributed by atoms with E-state index in [1.165, 1.54) is 35.6 Å². The molecule has 0 unspecified atom stereocenters. The fourth-order valence-corrected chi connectivity index (χ4v) is 5.76. The van der Waals surface area contributed by atoms with E-state index in [2.05, 4.69) is 6.92 Å². The monoisotopic (exact) mass is 404 g/mol. The van der Waals surface area contributed by atoms with Gasteiger partial charge < -0.3 is 9.15 Å². The highest BCUT2D eigenvalue weighted by molar-refractivity contribution is 7.98. The average molecular weight is 405 g/mol. The van der Waals surface area contributed by atoms with Gasteiger partial charge in [0, 0.05) is 22.7 Å². The summed E-state index contributed by atoms with van der Waals surface area (Å²) in [5.74, 6) is 0.179. The molecule has 3 aromatic rings. The molecule has 8 heteroatoms. The molecule has 142 valence electrons. The molecule has 0 fully saturated rings. The van der Waals surface area contributed by atoms with Gasteiger partial charge in [0.1, 0.15) is 4.83 Å².